The largest absolute Gasteiger partial charge is 0.456 e. The highest BCUT2D eigenvalue weighted by Gasteiger charge is 2.20. The fourth-order valence-electron chi connectivity index (χ4n) is 7.37. The van der Waals surface area contributed by atoms with Crippen LogP contribution in [0.1, 0.15) is 0 Å². The molecule has 230 valence electrons. The van der Waals surface area contributed by atoms with Crippen LogP contribution in [0.4, 0.5) is 17.1 Å². The van der Waals surface area contributed by atoms with E-state index >= 15 is 0 Å². The van der Waals surface area contributed by atoms with Crippen molar-refractivity contribution in [1.82, 2.24) is 0 Å². The van der Waals surface area contributed by atoms with Gasteiger partial charge in [0.2, 0.25) is 0 Å². The summed E-state index contributed by atoms with van der Waals surface area (Å²) in [5.41, 5.74) is 9.83. The van der Waals surface area contributed by atoms with Crippen molar-refractivity contribution in [3.05, 3.63) is 176 Å². The quantitative estimate of drug-likeness (QED) is 0.186. The van der Waals surface area contributed by atoms with Crippen LogP contribution >= 0.6 is 11.3 Å². The zero-order valence-corrected chi connectivity index (χ0v) is 27.3. The van der Waals surface area contributed by atoms with Crippen molar-refractivity contribution in [2.24, 2.45) is 0 Å². The van der Waals surface area contributed by atoms with Crippen LogP contribution in [0.25, 0.3) is 75.1 Å². The molecule has 0 saturated heterocycles. The van der Waals surface area contributed by atoms with Crippen molar-refractivity contribution in [2.75, 3.05) is 4.90 Å². The SMILES string of the molecule is c1cc(-c2ccc3c(c2)sc2ccccc23)cc(N(c2ccc3oc4ccccc4c3c2)c2ccccc2-c2cccc3ccccc23)c1. The van der Waals surface area contributed by atoms with Gasteiger partial charge in [0, 0.05) is 47.9 Å². The van der Waals surface area contributed by atoms with Crippen LogP contribution < -0.4 is 4.90 Å². The Kier molecular flexibility index (Phi) is 6.39. The molecule has 10 aromatic rings. The molecule has 0 unspecified atom stereocenters. The summed E-state index contributed by atoms with van der Waals surface area (Å²) in [4.78, 5) is 2.40. The molecule has 3 heteroatoms. The smallest absolute Gasteiger partial charge is 0.135 e. The lowest BCUT2D eigenvalue weighted by molar-refractivity contribution is 0.669. The molecular formula is C46H29NOS. The molecule has 0 spiro atoms. The number of hydrogen-bond donors (Lipinski definition) is 0. The van der Waals surface area contributed by atoms with Gasteiger partial charge in [0.1, 0.15) is 11.2 Å². The van der Waals surface area contributed by atoms with Crippen LogP contribution in [0.15, 0.2) is 180 Å². The Bertz CT molecular complexity index is 2850. The van der Waals surface area contributed by atoms with Gasteiger partial charge in [-0.15, -0.1) is 11.3 Å². The molecule has 2 heterocycles. The summed E-state index contributed by atoms with van der Waals surface area (Å²) >= 11 is 1.86. The molecule has 0 aliphatic carbocycles. The Labute approximate surface area is 287 Å². The number of fused-ring (bicyclic) bond motifs is 7. The Balaban J connectivity index is 1.19. The zero-order chi connectivity index (χ0) is 32.3. The first-order valence-corrected chi connectivity index (χ1v) is 17.4. The van der Waals surface area contributed by atoms with Crippen molar-refractivity contribution in [3.8, 4) is 22.3 Å². The third-order valence-electron chi connectivity index (χ3n) is 9.66. The van der Waals surface area contributed by atoms with Crippen LogP contribution in [-0.2, 0) is 0 Å². The van der Waals surface area contributed by atoms with Crippen molar-refractivity contribution >= 4 is 81.3 Å². The van der Waals surface area contributed by atoms with E-state index in [1.165, 1.54) is 53.2 Å². The lowest BCUT2D eigenvalue weighted by Gasteiger charge is -2.28. The van der Waals surface area contributed by atoms with E-state index in [1.807, 2.05) is 23.5 Å². The first kappa shape index (κ1) is 27.9. The molecule has 0 fully saturated rings. The van der Waals surface area contributed by atoms with E-state index in [0.29, 0.717) is 0 Å². The minimum atomic E-state index is 0.887. The standard InChI is InChI=1S/C46H29NOS/c1-2-15-35-30(11-1)12-10-19-36(35)37-16-3-6-20-42(37)47(34-24-26-44-41(29-34)38-17-4-7-21-43(38)48-44)33-14-9-13-31(27-33)32-23-25-40-39-18-5-8-22-45(39)49-46(40)28-32/h1-29H. The predicted octanol–water partition coefficient (Wildman–Crippen LogP) is 13.9. The van der Waals surface area contributed by atoms with Gasteiger partial charge < -0.3 is 9.32 Å². The van der Waals surface area contributed by atoms with E-state index < -0.39 is 0 Å². The maximum atomic E-state index is 6.26. The summed E-state index contributed by atoms with van der Waals surface area (Å²) < 4.78 is 8.88. The monoisotopic (exact) mass is 643 g/mol. The van der Waals surface area contributed by atoms with Gasteiger partial charge in [-0.05, 0) is 82.1 Å². The molecule has 2 nitrogen and oxygen atoms in total. The van der Waals surface area contributed by atoms with Crippen molar-refractivity contribution in [1.29, 1.82) is 0 Å². The molecule has 49 heavy (non-hydrogen) atoms. The summed E-state index contributed by atoms with van der Waals surface area (Å²) in [5.74, 6) is 0. The third-order valence-corrected chi connectivity index (χ3v) is 10.8. The van der Waals surface area contributed by atoms with Gasteiger partial charge in [-0.2, -0.15) is 0 Å². The number of nitrogens with zero attached hydrogens (tertiary/aromatic N) is 1. The first-order valence-electron chi connectivity index (χ1n) is 16.6. The van der Waals surface area contributed by atoms with Gasteiger partial charge >= 0.3 is 0 Å². The second-order valence-electron chi connectivity index (χ2n) is 12.5. The molecule has 8 aromatic carbocycles. The summed E-state index contributed by atoms with van der Waals surface area (Å²) in [6.07, 6.45) is 0. The highest BCUT2D eigenvalue weighted by molar-refractivity contribution is 7.25. The number of benzene rings is 8. The van der Waals surface area contributed by atoms with Crippen LogP contribution in [0.5, 0.6) is 0 Å². The third kappa shape index (κ3) is 4.62. The number of furan rings is 1. The second-order valence-corrected chi connectivity index (χ2v) is 13.6. The zero-order valence-electron chi connectivity index (χ0n) is 26.5. The number of anilines is 3. The maximum absolute atomic E-state index is 6.26. The normalized spacial score (nSPS) is 11.7. The van der Waals surface area contributed by atoms with Crippen molar-refractivity contribution < 1.29 is 4.42 Å². The first-order chi connectivity index (χ1) is 24.3. The van der Waals surface area contributed by atoms with Crippen molar-refractivity contribution in [2.45, 2.75) is 0 Å². The van der Waals surface area contributed by atoms with E-state index in [-0.39, 0.29) is 0 Å². The molecule has 0 amide bonds. The molecular weight excluding hydrogens is 615 g/mol. The molecule has 0 saturated carbocycles. The summed E-state index contributed by atoms with van der Waals surface area (Å²) in [6.45, 7) is 0. The average molecular weight is 644 g/mol. The summed E-state index contributed by atoms with van der Waals surface area (Å²) in [5, 5.41) is 7.32. The highest BCUT2D eigenvalue weighted by atomic mass is 32.1. The topological polar surface area (TPSA) is 16.4 Å². The Morgan fingerprint density at radius 3 is 2.02 bits per heavy atom. The number of rotatable bonds is 5. The van der Waals surface area contributed by atoms with E-state index in [2.05, 4.69) is 169 Å². The van der Waals surface area contributed by atoms with Gasteiger partial charge in [-0.25, -0.2) is 0 Å². The van der Waals surface area contributed by atoms with E-state index in [0.717, 1.165) is 39.0 Å². The van der Waals surface area contributed by atoms with Gasteiger partial charge in [0.05, 0.1) is 5.69 Å². The van der Waals surface area contributed by atoms with Crippen LogP contribution in [-0.4, -0.2) is 0 Å². The molecule has 2 aromatic heterocycles. The fraction of sp³-hybridized carbons (Fsp3) is 0. The lowest BCUT2D eigenvalue weighted by atomic mass is 9.96. The number of thiophene rings is 1. The van der Waals surface area contributed by atoms with Gasteiger partial charge in [0.15, 0.2) is 0 Å². The van der Waals surface area contributed by atoms with Crippen LogP contribution in [0.3, 0.4) is 0 Å². The molecule has 0 radical (unpaired) electrons. The van der Waals surface area contributed by atoms with Crippen LogP contribution in [0.2, 0.25) is 0 Å². The average Bonchev–Trinajstić information content (AvgIpc) is 3.73. The summed E-state index contributed by atoms with van der Waals surface area (Å²) in [6, 6.07) is 63.4. The Hall–Kier alpha value is -6.16. The van der Waals surface area contributed by atoms with Crippen molar-refractivity contribution in [3.63, 3.8) is 0 Å². The Morgan fingerprint density at radius 1 is 0.388 bits per heavy atom. The van der Waals surface area contributed by atoms with Crippen LogP contribution in [0, 0.1) is 0 Å². The van der Waals surface area contributed by atoms with Gasteiger partial charge in [-0.3, -0.25) is 0 Å². The molecule has 0 bridgehead atoms. The second kappa shape index (κ2) is 11.2. The molecule has 0 N–H and O–H groups in total. The van der Waals surface area contributed by atoms with E-state index in [4.69, 9.17) is 4.42 Å². The predicted molar refractivity (Wildman–Crippen MR) is 210 cm³/mol. The molecule has 10 rings (SSSR count). The van der Waals surface area contributed by atoms with Gasteiger partial charge in [0.25, 0.3) is 0 Å². The fourth-order valence-corrected chi connectivity index (χ4v) is 8.51. The minimum absolute atomic E-state index is 0.887. The minimum Gasteiger partial charge on any atom is -0.456 e. The molecule has 0 aliphatic heterocycles. The molecule has 0 aliphatic rings. The molecule has 0 atom stereocenters. The van der Waals surface area contributed by atoms with Gasteiger partial charge in [-0.1, -0.05) is 121 Å². The number of hydrogen-bond acceptors (Lipinski definition) is 3. The van der Waals surface area contributed by atoms with E-state index in [9.17, 15) is 0 Å². The maximum Gasteiger partial charge on any atom is 0.135 e. The Morgan fingerprint density at radius 2 is 1.06 bits per heavy atom. The lowest BCUT2D eigenvalue weighted by Crippen LogP contribution is -2.11. The number of para-hydroxylation sites is 2. The summed E-state index contributed by atoms with van der Waals surface area (Å²) in [7, 11) is 0. The van der Waals surface area contributed by atoms with E-state index in [1.54, 1.807) is 0 Å². The highest BCUT2D eigenvalue weighted by Crippen LogP contribution is 2.45.